The largest absolute Gasteiger partial charge is 0.489 e. The Labute approximate surface area is 261 Å². The van der Waals surface area contributed by atoms with Crippen LogP contribution in [0.3, 0.4) is 0 Å². The van der Waals surface area contributed by atoms with E-state index in [1.165, 1.54) is 19.2 Å². The lowest BCUT2D eigenvalue weighted by molar-refractivity contribution is -0.218. The lowest BCUT2D eigenvalue weighted by atomic mass is 9.84. The third-order valence-electron chi connectivity index (χ3n) is 6.79. The van der Waals surface area contributed by atoms with Crippen molar-refractivity contribution in [3.05, 3.63) is 40.9 Å². The molecule has 18 nitrogen and oxygen atoms in total. The number of benzene rings is 1. The predicted molar refractivity (Wildman–Crippen MR) is 160 cm³/mol. The van der Waals surface area contributed by atoms with Crippen molar-refractivity contribution >= 4 is 56.2 Å². The van der Waals surface area contributed by atoms with Crippen molar-refractivity contribution in [3.63, 3.8) is 0 Å². The minimum Gasteiger partial charge on any atom is -0.489 e. The Morgan fingerprint density at radius 1 is 1.31 bits per heavy atom. The fourth-order valence-electron chi connectivity index (χ4n) is 4.39. The number of nitrogens with one attached hydrogen (secondary N) is 2. The number of hydrogen-bond acceptors (Lipinski definition) is 14. The smallest absolute Gasteiger partial charge is 0.418 e. The maximum absolute atomic E-state index is 13.2. The molecule has 0 bridgehead atoms. The molecule has 2 saturated heterocycles. The van der Waals surface area contributed by atoms with Gasteiger partial charge in [-0.15, -0.1) is 15.6 Å². The van der Waals surface area contributed by atoms with Crippen LogP contribution in [0.15, 0.2) is 39.8 Å². The Hall–Kier alpha value is -4.37. The van der Waals surface area contributed by atoms with Crippen LogP contribution in [0.5, 0.6) is 5.75 Å². The van der Waals surface area contributed by atoms with Gasteiger partial charge in [0.25, 0.3) is 17.9 Å². The fraction of sp³-hybridized carbons (Fsp3) is 0.440. The molecule has 2 aliphatic heterocycles. The molecule has 0 spiro atoms. The van der Waals surface area contributed by atoms with E-state index in [4.69, 9.17) is 25.6 Å². The Kier molecular flexibility index (Phi) is 10.2. The minimum absolute atomic E-state index is 0.0564. The van der Waals surface area contributed by atoms with Gasteiger partial charge in [0.2, 0.25) is 0 Å². The molecular formula is C25H32N8O10S2. The van der Waals surface area contributed by atoms with Crippen LogP contribution in [0.1, 0.15) is 37.9 Å². The van der Waals surface area contributed by atoms with Crippen LogP contribution in [0.2, 0.25) is 0 Å². The number of carboxylic acids is 1. The number of amidine groups is 1. The van der Waals surface area contributed by atoms with E-state index in [1.807, 2.05) is 0 Å². The highest BCUT2D eigenvalue weighted by molar-refractivity contribution is 7.80. The van der Waals surface area contributed by atoms with Crippen molar-refractivity contribution in [2.75, 3.05) is 25.4 Å². The van der Waals surface area contributed by atoms with Gasteiger partial charge in [-0.05, 0) is 57.5 Å². The van der Waals surface area contributed by atoms with Crippen molar-refractivity contribution < 1.29 is 46.3 Å². The second kappa shape index (κ2) is 13.7. The number of β-lactam (4-membered cyclic amide) rings is 1. The second-order valence-electron chi connectivity index (χ2n) is 10.5. The van der Waals surface area contributed by atoms with Gasteiger partial charge in [-0.2, -0.15) is 13.5 Å². The number of oxime groups is 1. The highest BCUT2D eigenvalue weighted by Gasteiger charge is 2.58. The summed E-state index contributed by atoms with van der Waals surface area (Å²) >= 11 is 0.956. The number of ether oxygens (including phenoxy) is 1. The van der Waals surface area contributed by atoms with E-state index in [0.29, 0.717) is 22.2 Å². The van der Waals surface area contributed by atoms with Crippen LogP contribution in [0.25, 0.3) is 0 Å². The number of nitrogen functional groups attached to an aromatic ring is 1. The summed E-state index contributed by atoms with van der Waals surface area (Å²) in [6.07, 6.45) is 0.268. The van der Waals surface area contributed by atoms with Crippen molar-refractivity contribution in [2.24, 2.45) is 15.9 Å². The topological polar surface area (TPSA) is 270 Å². The zero-order chi connectivity index (χ0) is 32.9. The summed E-state index contributed by atoms with van der Waals surface area (Å²) in [7, 11) is -5.01. The number of amides is 2. The van der Waals surface area contributed by atoms with Gasteiger partial charge < -0.3 is 36.8 Å². The number of thiazole rings is 1. The van der Waals surface area contributed by atoms with E-state index in [1.54, 1.807) is 24.3 Å². The third kappa shape index (κ3) is 8.42. The summed E-state index contributed by atoms with van der Waals surface area (Å²) in [4.78, 5) is 51.2. The van der Waals surface area contributed by atoms with Crippen LogP contribution in [0.4, 0.5) is 5.13 Å². The number of aliphatic imine (C=N–C) groups is 1. The van der Waals surface area contributed by atoms with E-state index in [-0.39, 0.29) is 16.9 Å². The van der Waals surface area contributed by atoms with Crippen LogP contribution in [-0.2, 0) is 33.9 Å². The maximum atomic E-state index is 13.2. The Morgan fingerprint density at radius 2 is 2.02 bits per heavy atom. The summed E-state index contributed by atoms with van der Waals surface area (Å²) in [6.45, 7) is 3.91. The number of aromatic nitrogens is 1. The monoisotopic (exact) mass is 668 g/mol. The zero-order valence-corrected chi connectivity index (χ0v) is 25.7. The molecule has 1 aromatic heterocycles. The molecule has 2 amide bonds. The van der Waals surface area contributed by atoms with Crippen molar-refractivity contribution in [3.8, 4) is 5.75 Å². The molecule has 1 aromatic carbocycles. The number of hydrogen-bond donors (Lipinski definition) is 6. The fourth-order valence-corrected chi connectivity index (χ4v) is 5.39. The van der Waals surface area contributed by atoms with E-state index >= 15 is 0 Å². The van der Waals surface area contributed by atoms with E-state index in [9.17, 15) is 27.9 Å². The number of aliphatic carboxylic acids is 1. The zero-order valence-electron chi connectivity index (χ0n) is 24.1. The molecule has 3 heterocycles. The highest BCUT2D eigenvalue weighted by Crippen LogP contribution is 2.33. The van der Waals surface area contributed by atoms with Crippen molar-refractivity contribution in [1.82, 2.24) is 20.7 Å². The van der Waals surface area contributed by atoms with Gasteiger partial charge in [0.15, 0.2) is 10.8 Å². The van der Waals surface area contributed by atoms with Crippen molar-refractivity contribution in [1.29, 1.82) is 0 Å². The number of nitrogens with two attached hydrogens (primary N) is 2. The first-order chi connectivity index (χ1) is 21.2. The van der Waals surface area contributed by atoms with Gasteiger partial charge >= 0.3 is 16.4 Å². The summed E-state index contributed by atoms with van der Waals surface area (Å²) in [5.74, 6) is -2.81. The minimum atomic E-state index is -5.01. The van der Waals surface area contributed by atoms with Crippen LogP contribution in [0, 0.1) is 0 Å². The molecule has 1 unspecified atom stereocenters. The highest BCUT2D eigenvalue weighted by atomic mass is 32.3. The Morgan fingerprint density at radius 3 is 2.58 bits per heavy atom. The molecule has 244 valence electrons. The molecule has 2 aliphatic rings. The van der Waals surface area contributed by atoms with Crippen LogP contribution < -0.4 is 26.8 Å². The molecule has 0 radical (unpaired) electrons. The van der Waals surface area contributed by atoms with Crippen molar-refractivity contribution in [2.45, 2.75) is 50.4 Å². The molecule has 0 aliphatic carbocycles. The maximum Gasteiger partial charge on any atom is 0.418 e. The molecule has 2 aromatic rings. The van der Waals surface area contributed by atoms with Crippen LogP contribution >= 0.6 is 11.3 Å². The molecule has 20 heteroatoms. The standard InChI is InChI=1S/C25H32N8O10S2/c1-25(2)19(22(35)33(25)43-45(38,39)40)31-21(34)18(16-12-44-24(27)30-16)32-42-17(23(36)37)11-41-15-7-5-13(6-8-15)20(26)29-14-4-3-9-28-10-14/h5-8,12,14,17,19,28H,3-4,9-11H2,1-2H3,(H2,26,29)(H2,27,30)(H,31,34)(H,36,37)(H,38,39,40)/b32-18-/t14?,17-,19+/m0/s1. The van der Waals surface area contributed by atoms with Gasteiger partial charge in [0, 0.05) is 17.5 Å². The average molecular weight is 669 g/mol. The number of rotatable bonds is 13. The lowest BCUT2D eigenvalue weighted by Crippen LogP contribution is -2.76. The van der Waals surface area contributed by atoms with E-state index in [0.717, 1.165) is 37.3 Å². The Bertz CT molecular complexity index is 1590. The number of hydroxylamine groups is 2. The normalized spacial score (nSPS) is 21.0. The molecule has 45 heavy (non-hydrogen) atoms. The first kappa shape index (κ1) is 33.5. The first-order valence-electron chi connectivity index (χ1n) is 13.4. The lowest BCUT2D eigenvalue weighted by Gasteiger charge is -2.50. The SMILES string of the molecule is CC1(C)[C@H](NC(=O)/C(=N\O[C@@H](COc2ccc(C(N)=NC3CCCNC3)cc2)C(=O)O)c2csc(N)n2)C(=O)N1OS(=O)(=O)O. The number of carboxylic acid groups (broad SMARTS) is 1. The van der Waals surface area contributed by atoms with Gasteiger partial charge in [0.1, 0.15) is 29.9 Å². The molecule has 8 N–H and O–H groups in total. The summed E-state index contributed by atoms with van der Waals surface area (Å²) in [5.41, 5.74) is 10.4. The number of anilines is 1. The number of carbonyl (C=O) groups is 3. The molecule has 3 atom stereocenters. The van der Waals surface area contributed by atoms with Gasteiger partial charge in [-0.3, -0.25) is 19.1 Å². The molecule has 4 rings (SSSR count). The van der Waals surface area contributed by atoms with Crippen LogP contribution in [-0.4, -0.2) is 101 Å². The predicted octanol–water partition coefficient (Wildman–Crippen LogP) is -0.724. The molecule has 2 fully saturated rings. The Balaban J connectivity index is 1.43. The third-order valence-corrected chi connectivity index (χ3v) is 7.80. The first-order valence-corrected chi connectivity index (χ1v) is 15.7. The summed E-state index contributed by atoms with van der Waals surface area (Å²) in [6, 6.07) is 5.29. The second-order valence-corrected chi connectivity index (χ2v) is 12.4. The number of carbonyl (C=O) groups excluding carboxylic acids is 2. The molecule has 0 saturated carbocycles. The number of nitrogens with zero attached hydrogens (tertiary/aromatic N) is 4. The number of piperidine rings is 1. The molecular weight excluding hydrogens is 636 g/mol. The van der Waals surface area contributed by atoms with Gasteiger partial charge in [-0.1, -0.05) is 5.16 Å². The van der Waals surface area contributed by atoms with E-state index < -0.39 is 58.2 Å². The van der Waals surface area contributed by atoms with E-state index in [2.05, 4.69) is 30.0 Å². The average Bonchev–Trinajstić information content (AvgIpc) is 3.41. The quantitative estimate of drug-likeness (QED) is 0.0505. The van der Waals surface area contributed by atoms with Gasteiger partial charge in [0.05, 0.1) is 11.6 Å². The summed E-state index contributed by atoms with van der Waals surface area (Å²) in [5, 5.41) is 20.8. The summed E-state index contributed by atoms with van der Waals surface area (Å²) < 4.78 is 40.9. The van der Waals surface area contributed by atoms with Gasteiger partial charge in [-0.25, -0.2) is 9.78 Å².